The fourth-order valence-electron chi connectivity index (χ4n) is 7.01. The second-order valence-electron chi connectivity index (χ2n) is 14.1. The Labute approximate surface area is 228 Å². The van der Waals surface area contributed by atoms with E-state index in [9.17, 15) is 17.8 Å². The topological polar surface area (TPSA) is 116 Å². The van der Waals surface area contributed by atoms with Crippen LogP contribution in [0.1, 0.15) is 85.8 Å². The third kappa shape index (κ3) is 5.51. The molecule has 2 saturated carbocycles. The second kappa shape index (κ2) is 9.41. The number of rotatable bonds is 7. The molecule has 4 atom stereocenters. The lowest BCUT2D eigenvalue weighted by Crippen LogP contribution is -2.50. The number of carbonyl (C=O) groups excluding carboxylic acids is 1. The van der Waals surface area contributed by atoms with Gasteiger partial charge in [0, 0.05) is 5.41 Å². The smallest absolute Gasteiger partial charge is 0.320 e. The monoisotopic (exact) mass is 568 g/mol. The van der Waals surface area contributed by atoms with Crippen molar-refractivity contribution in [3.05, 3.63) is 35.4 Å². The van der Waals surface area contributed by atoms with E-state index in [2.05, 4.69) is 13.8 Å². The van der Waals surface area contributed by atoms with E-state index in [1.807, 2.05) is 65.8 Å². The first-order valence-electron chi connectivity index (χ1n) is 13.6. The van der Waals surface area contributed by atoms with Gasteiger partial charge in [-0.2, -0.15) is 0 Å². The Bertz CT molecular complexity index is 1210. The van der Waals surface area contributed by atoms with Crippen LogP contribution in [0, 0.1) is 16.7 Å². The lowest BCUT2D eigenvalue weighted by Gasteiger charge is -2.37. The molecule has 3 fully saturated rings. The fraction of sp³-hybridized carbons (Fsp3) is 0.750. The number of nitrogens with zero attached hydrogens (tertiary/aromatic N) is 1. The van der Waals surface area contributed by atoms with Crippen LogP contribution in [0.2, 0.25) is 0 Å². The number of hydrogen-bond acceptors (Lipinski definition) is 7. The lowest BCUT2D eigenvalue weighted by atomic mass is 9.69. The fourth-order valence-corrected chi connectivity index (χ4v) is 12.1. The molecule has 2 aliphatic carbocycles. The minimum absolute atomic E-state index is 0.0364. The van der Waals surface area contributed by atoms with Crippen LogP contribution in [0.15, 0.2) is 24.3 Å². The van der Waals surface area contributed by atoms with E-state index in [0.29, 0.717) is 5.92 Å². The number of benzene rings is 1. The molecule has 0 aromatic heterocycles. The highest BCUT2D eigenvalue weighted by Gasteiger charge is 2.72. The SMILES string of the molecule is CC(C)(C)OP(=O)(Cc1ccc(C[C@H](N)C(=O)N2[C@@H]3C[C@H]4CC[C@]3(CS2(=O)=O)C4(C)C)cc1)OC(C)(C)C. The average Bonchev–Trinajstić information content (AvgIpc) is 3.19. The first-order chi connectivity index (χ1) is 17.2. The molecule has 1 heterocycles. The molecule has 2 bridgehead atoms. The van der Waals surface area contributed by atoms with Gasteiger partial charge < -0.3 is 14.8 Å². The number of nitrogens with two attached hydrogens (primary N) is 1. The van der Waals surface area contributed by atoms with E-state index in [-0.39, 0.29) is 35.2 Å². The molecule has 4 rings (SSSR count). The van der Waals surface area contributed by atoms with Crippen molar-refractivity contribution in [2.75, 3.05) is 5.75 Å². The van der Waals surface area contributed by atoms with E-state index in [1.54, 1.807) is 0 Å². The summed E-state index contributed by atoms with van der Waals surface area (Å²) < 4.78 is 52.9. The normalized spacial score (nSPS) is 28.9. The molecule has 1 aliphatic heterocycles. The van der Waals surface area contributed by atoms with Gasteiger partial charge in [0.2, 0.25) is 10.0 Å². The first-order valence-corrected chi connectivity index (χ1v) is 16.9. The molecule has 1 aromatic carbocycles. The van der Waals surface area contributed by atoms with Crippen LogP contribution >= 0.6 is 7.60 Å². The van der Waals surface area contributed by atoms with Gasteiger partial charge >= 0.3 is 7.60 Å². The van der Waals surface area contributed by atoms with Crippen molar-refractivity contribution in [1.82, 2.24) is 4.31 Å². The summed E-state index contributed by atoms with van der Waals surface area (Å²) in [5.74, 6) is -0.0437. The maximum Gasteiger partial charge on any atom is 0.336 e. The zero-order valence-electron chi connectivity index (χ0n) is 24.1. The molecule has 1 aromatic rings. The van der Waals surface area contributed by atoms with Crippen molar-refractivity contribution >= 4 is 23.5 Å². The van der Waals surface area contributed by atoms with Crippen LogP contribution in [-0.4, -0.2) is 47.7 Å². The maximum atomic E-state index is 13.6. The molecule has 3 aliphatic rings. The molecule has 214 valence electrons. The molecule has 2 N–H and O–H groups in total. The van der Waals surface area contributed by atoms with Crippen LogP contribution in [-0.2, 0) is 41.0 Å². The summed E-state index contributed by atoms with van der Waals surface area (Å²) in [6.07, 6.45) is 2.92. The number of carbonyl (C=O) groups is 1. The summed E-state index contributed by atoms with van der Waals surface area (Å²) in [5.41, 5.74) is 6.16. The van der Waals surface area contributed by atoms with Gasteiger partial charge in [0.25, 0.3) is 5.91 Å². The highest BCUT2D eigenvalue weighted by Crippen LogP contribution is 2.70. The molecular formula is C28H45N2O6PS. The molecule has 1 saturated heterocycles. The highest BCUT2D eigenvalue weighted by molar-refractivity contribution is 7.90. The molecular weight excluding hydrogens is 523 g/mol. The van der Waals surface area contributed by atoms with Gasteiger partial charge in [0.1, 0.15) is 0 Å². The van der Waals surface area contributed by atoms with Crippen LogP contribution < -0.4 is 5.73 Å². The summed E-state index contributed by atoms with van der Waals surface area (Å²) in [6, 6.07) is 6.08. The number of fused-ring (bicyclic) bond motifs is 1. The van der Waals surface area contributed by atoms with Gasteiger partial charge in [-0.25, -0.2) is 12.7 Å². The van der Waals surface area contributed by atoms with E-state index < -0.39 is 40.8 Å². The third-order valence-corrected chi connectivity index (χ3v) is 12.9. The largest absolute Gasteiger partial charge is 0.336 e. The van der Waals surface area contributed by atoms with Crippen molar-refractivity contribution in [2.24, 2.45) is 22.5 Å². The Kier molecular flexibility index (Phi) is 7.36. The summed E-state index contributed by atoms with van der Waals surface area (Å²) in [7, 11) is -7.16. The second-order valence-corrected chi connectivity index (χ2v) is 17.8. The van der Waals surface area contributed by atoms with E-state index >= 15 is 0 Å². The minimum Gasteiger partial charge on any atom is -0.320 e. The van der Waals surface area contributed by atoms with Crippen molar-refractivity contribution < 1.29 is 26.8 Å². The number of amides is 1. The Morgan fingerprint density at radius 3 is 2.11 bits per heavy atom. The Morgan fingerprint density at radius 1 is 1.08 bits per heavy atom. The Hall–Kier alpha value is -1.25. The number of hydrogen-bond donors (Lipinski definition) is 1. The molecule has 0 unspecified atom stereocenters. The van der Waals surface area contributed by atoms with Crippen LogP contribution in [0.5, 0.6) is 0 Å². The summed E-state index contributed by atoms with van der Waals surface area (Å²) >= 11 is 0. The molecule has 38 heavy (non-hydrogen) atoms. The van der Waals surface area contributed by atoms with E-state index in [4.69, 9.17) is 14.8 Å². The van der Waals surface area contributed by atoms with E-state index in [0.717, 1.165) is 34.7 Å². The van der Waals surface area contributed by atoms with Gasteiger partial charge in [0.05, 0.1) is 35.2 Å². The van der Waals surface area contributed by atoms with Crippen LogP contribution in [0.3, 0.4) is 0 Å². The summed E-state index contributed by atoms with van der Waals surface area (Å²) in [5, 5.41) is 0. The first kappa shape index (κ1) is 29.7. The van der Waals surface area contributed by atoms with Crippen molar-refractivity contribution in [1.29, 1.82) is 0 Å². The van der Waals surface area contributed by atoms with Gasteiger partial charge in [-0.15, -0.1) is 0 Å². The lowest BCUT2D eigenvalue weighted by molar-refractivity contribution is -0.130. The zero-order chi connectivity index (χ0) is 28.5. The molecule has 1 spiro atoms. The Balaban J connectivity index is 1.46. The summed E-state index contributed by atoms with van der Waals surface area (Å²) in [6.45, 7) is 15.4. The molecule has 1 amide bonds. The molecule has 10 heteroatoms. The highest BCUT2D eigenvalue weighted by atomic mass is 32.2. The average molecular weight is 569 g/mol. The van der Waals surface area contributed by atoms with Crippen molar-refractivity contribution in [3.8, 4) is 0 Å². The van der Waals surface area contributed by atoms with Gasteiger partial charge in [-0.1, -0.05) is 38.1 Å². The predicted octanol–water partition coefficient (Wildman–Crippen LogP) is 5.25. The van der Waals surface area contributed by atoms with E-state index in [1.165, 1.54) is 0 Å². The van der Waals surface area contributed by atoms with Gasteiger partial charge in [-0.3, -0.25) is 9.36 Å². The van der Waals surface area contributed by atoms with Crippen molar-refractivity contribution in [2.45, 2.75) is 111 Å². The van der Waals surface area contributed by atoms with Gasteiger partial charge in [0.15, 0.2) is 0 Å². The Morgan fingerprint density at radius 2 is 1.61 bits per heavy atom. The standard InChI is InChI=1S/C28H45N2O6PS/c1-25(2,3)35-37(32,36-26(4,5)6)17-20-11-9-19(10-12-20)15-22(29)24(31)30-23-16-21-13-14-28(23,27(21,7)8)18-38(30,33)34/h9-12,21-23H,13-18,29H2,1-8H3/t21-,22+,23-,28-/m1/s1. The molecule has 0 radical (unpaired) electrons. The summed E-state index contributed by atoms with van der Waals surface area (Å²) in [4.78, 5) is 13.5. The maximum absolute atomic E-state index is 13.6. The van der Waals surface area contributed by atoms with Crippen LogP contribution in [0.25, 0.3) is 0 Å². The zero-order valence-corrected chi connectivity index (χ0v) is 25.8. The minimum atomic E-state index is -3.71. The third-order valence-electron chi connectivity index (χ3n) is 8.63. The molecule has 8 nitrogen and oxygen atoms in total. The van der Waals surface area contributed by atoms with Crippen LogP contribution in [0.4, 0.5) is 0 Å². The van der Waals surface area contributed by atoms with Gasteiger partial charge in [-0.05, 0) is 89.7 Å². The number of sulfonamides is 1. The van der Waals surface area contributed by atoms with Crippen molar-refractivity contribution in [3.63, 3.8) is 0 Å². The quantitative estimate of drug-likeness (QED) is 0.447. The predicted molar refractivity (Wildman–Crippen MR) is 149 cm³/mol.